The monoisotopic (exact) mass is 377 g/mol. The first kappa shape index (κ1) is 19.8. The molecule has 0 saturated heterocycles. The zero-order chi connectivity index (χ0) is 20.1. The van der Waals surface area contributed by atoms with Crippen molar-refractivity contribution in [2.75, 3.05) is 11.9 Å². The summed E-state index contributed by atoms with van der Waals surface area (Å²) in [6.07, 6.45) is 0. The van der Waals surface area contributed by atoms with Crippen molar-refractivity contribution in [3.63, 3.8) is 0 Å². The third-order valence-electron chi connectivity index (χ3n) is 4.55. The lowest BCUT2D eigenvalue weighted by Crippen LogP contribution is -2.31. The average molecular weight is 377 g/mol. The molecule has 28 heavy (non-hydrogen) atoms. The number of anilines is 1. The van der Waals surface area contributed by atoms with Gasteiger partial charge < -0.3 is 4.52 Å². The SMILES string of the molecule is Cc1ccc([C@H](NCC(=O)Nc2cc(C(C)(C)C)no2)c2ccccc2)cc1. The molecule has 2 N–H and O–H groups in total. The van der Waals surface area contributed by atoms with Gasteiger partial charge in [-0.25, -0.2) is 0 Å². The molecule has 0 unspecified atom stereocenters. The number of benzene rings is 2. The van der Waals surface area contributed by atoms with E-state index < -0.39 is 0 Å². The average Bonchev–Trinajstić information content (AvgIpc) is 3.13. The third kappa shape index (κ3) is 5.08. The zero-order valence-corrected chi connectivity index (χ0v) is 16.8. The fourth-order valence-corrected chi connectivity index (χ4v) is 2.90. The van der Waals surface area contributed by atoms with E-state index in [0.29, 0.717) is 5.88 Å². The molecule has 0 aliphatic carbocycles. The molecule has 0 aliphatic heterocycles. The summed E-state index contributed by atoms with van der Waals surface area (Å²) in [4.78, 5) is 12.4. The van der Waals surface area contributed by atoms with Crippen molar-refractivity contribution < 1.29 is 9.32 Å². The summed E-state index contributed by atoms with van der Waals surface area (Å²) in [5.41, 5.74) is 4.09. The van der Waals surface area contributed by atoms with Crippen LogP contribution in [-0.4, -0.2) is 17.6 Å². The van der Waals surface area contributed by atoms with Crippen LogP contribution in [0.5, 0.6) is 0 Å². The molecular formula is C23H27N3O2. The normalized spacial score (nSPS) is 12.6. The Labute approximate surface area is 166 Å². The van der Waals surface area contributed by atoms with Gasteiger partial charge in [0.25, 0.3) is 0 Å². The molecule has 3 aromatic rings. The van der Waals surface area contributed by atoms with E-state index in [-0.39, 0.29) is 23.9 Å². The van der Waals surface area contributed by atoms with Crippen molar-refractivity contribution in [1.29, 1.82) is 0 Å². The highest BCUT2D eigenvalue weighted by molar-refractivity contribution is 5.91. The smallest absolute Gasteiger partial charge is 0.240 e. The van der Waals surface area contributed by atoms with Crippen molar-refractivity contribution in [3.05, 3.63) is 83.0 Å². The summed E-state index contributed by atoms with van der Waals surface area (Å²) >= 11 is 0. The maximum Gasteiger partial charge on any atom is 0.240 e. The second-order valence-electron chi connectivity index (χ2n) is 8.01. The van der Waals surface area contributed by atoms with E-state index in [1.54, 1.807) is 6.07 Å². The molecule has 0 radical (unpaired) electrons. The van der Waals surface area contributed by atoms with Crippen molar-refractivity contribution in [2.24, 2.45) is 0 Å². The quantitative estimate of drug-likeness (QED) is 0.659. The maximum atomic E-state index is 12.4. The number of nitrogens with zero attached hydrogens (tertiary/aromatic N) is 1. The fourth-order valence-electron chi connectivity index (χ4n) is 2.90. The minimum Gasteiger partial charge on any atom is -0.338 e. The number of carbonyl (C=O) groups is 1. The Bertz CT molecular complexity index is 909. The van der Waals surface area contributed by atoms with Crippen LogP contribution in [0.15, 0.2) is 65.2 Å². The molecule has 5 nitrogen and oxygen atoms in total. The number of hydrogen-bond acceptors (Lipinski definition) is 4. The van der Waals surface area contributed by atoms with E-state index in [2.05, 4.69) is 59.1 Å². The highest BCUT2D eigenvalue weighted by Crippen LogP contribution is 2.24. The summed E-state index contributed by atoms with van der Waals surface area (Å²) in [7, 11) is 0. The Morgan fingerprint density at radius 3 is 2.29 bits per heavy atom. The Kier molecular flexibility index (Phi) is 5.95. The predicted octanol–water partition coefficient (Wildman–Crippen LogP) is 4.60. The summed E-state index contributed by atoms with van der Waals surface area (Å²) in [5.74, 6) is 0.188. The first-order valence-electron chi connectivity index (χ1n) is 9.45. The number of rotatable bonds is 6. The Balaban J connectivity index is 1.69. The molecule has 2 aromatic carbocycles. The number of amides is 1. The molecule has 0 aliphatic rings. The fraction of sp³-hybridized carbons (Fsp3) is 0.304. The molecule has 5 heteroatoms. The lowest BCUT2D eigenvalue weighted by molar-refractivity contribution is -0.115. The number of hydrogen-bond donors (Lipinski definition) is 2. The van der Waals surface area contributed by atoms with E-state index >= 15 is 0 Å². The first-order valence-corrected chi connectivity index (χ1v) is 9.45. The second kappa shape index (κ2) is 8.40. The van der Waals surface area contributed by atoms with Crippen LogP contribution in [0, 0.1) is 6.92 Å². The third-order valence-corrected chi connectivity index (χ3v) is 4.55. The molecule has 0 spiro atoms. The number of aromatic nitrogens is 1. The minimum absolute atomic E-state index is 0.0765. The van der Waals surface area contributed by atoms with Gasteiger partial charge in [-0.05, 0) is 18.1 Å². The molecule has 1 amide bonds. The van der Waals surface area contributed by atoms with Gasteiger partial charge in [-0.15, -0.1) is 0 Å². The lowest BCUT2D eigenvalue weighted by Gasteiger charge is -2.19. The zero-order valence-electron chi connectivity index (χ0n) is 16.8. The molecule has 1 aromatic heterocycles. The Hall–Kier alpha value is -2.92. The van der Waals surface area contributed by atoms with Crippen molar-refractivity contribution >= 4 is 11.8 Å². The molecule has 0 bridgehead atoms. The Morgan fingerprint density at radius 2 is 1.68 bits per heavy atom. The van der Waals surface area contributed by atoms with Crippen LogP contribution in [0.2, 0.25) is 0 Å². The van der Waals surface area contributed by atoms with Crippen LogP contribution in [0.25, 0.3) is 0 Å². The second-order valence-corrected chi connectivity index (χ2v) is 8.01. The van der Waals surface area contributed by atoms with E-state index in [4.69, 9.17) is 4.52 Å². The number of nitrogens with one attached hydrogen (secondary N) is 2. The van der Waals surface area contributed by atoms with Crippen LogP contribution in [-0.2, 0) is 10.2 Å². The molecule has 1 heterocycles. The van der Waals surface area contributed by atoms with Gasteiger partial charge in [-0.1, -0.05) is 86.1 Å². The summed E-state index contributed by atoms with van der Waals surface area (Å²) in [6, 6.07) is 20.1. The van der Waals surface area contributed by atoms with Gasteiger partial charge in [0.2, 0.25) is 11.8 Å². The lowest BCUT2D eigenvalue weighted by atomic mass is 9.92. The summed E-state index contributed by atoms with van der Waals surface area (Å²) < 4.78 is 5.24. The van der Waals surface area contributed by atoms with Gasteiger partial charge in [0, 0.05) is 11.5 Å². The number of carbonyl (C=O) groups excluding carboxylic acids is 1. The van der Waals surface area contributed by atoms with Gasteiger partial charge >= 0.3 is 0 Å². The standard InChI is InChI=1S/C23H27N3O2/c1-16-10-12-18(13-11-16)22(17-8-6-5-7-9-17)24-15-20(27)25-21-14-19(26-28-21)23(2,3)4/h5-14,22,24H,15H2,1-4H3,(H,25,27)/t22-/m1/s1. The highest BCUT2D eigenvalue weighted by atomic mass is 16.5. The van der Waals surface area contributed by atoms with Gasteiger partial charge in [-0.3, -0.25) is 15.4 Å². The molecule has 0 fully saturated rings. The van der Waals surface area contributed by atoms with E-state index in [1.165, 1.54) is 5.56 Å². The van der Waals surface area contributed by atoms with Crippen LogP contribution < -0.4 is 10.6 Å². The molecule has 3 rings (SSSR count). The maximum absolute atomic E-state index is 12.4. The van der Waals surface area contributed by atoms with Crippen molar-refractivity contribution in [1.82, 2.24) is 10.5 Å². The molecule has 146 valence electrons. The molecule has 0 saturated carbocycles. The topological polar surface area (TPSA) is 67.2 Å². The minimum atomic E-state index is -0.176. The number of aryl methyl sites for hydroxylation is 1. The van der Waals surface area contributed by atoms with Gasteiger partial charge in [-0.2, -0.15) is 0 Å². The van der Waals surface area contributed by atoms with Crippen LogP contribution in [0.3, 0.4) is 0 Å². The summed E-state index contributed by atoms with van der Waals surface area (Å²) in [6.45, 7) is 8.35. The van der Waals surface area contributed by atoms with Gasteiger partial charge in [0.05, 0.1) is 18.3 Å². The predicted molar refractivity (Wildman–Crippen MR) is 111 cm³/mol. The van der Waals surface area contributed by atoms with E-state index in [9.17, 15) is 4.79 Å². The summed E-state index contributed by atoms with van der Waals surface area (Å²) in [5, 5.41) is 10.2. The largest absolute Gasteiger partial charge is 0.338 e. The van der Waals surface area contributed by atoms with Gasteiger partial charge in [0.1, 0.15) is 0 Å². The van der Waals surface area contributed by atoms with Gasteiger partial charge in [0.15, 0.2) is 0 Å². The van der Waals surface area contributed by atoms with Crippen molar-refractivity contribution in [3.8, 4) is 0 Å². The van der Waals surface area contributed by atoms with E-state index in [1.807, 2.05) is 39.0 Å². The van der Waals surface area contributed by atoms with Crippen LogP contribution in [0.1, 0.15) is 49.2 Å². The first-order chi connectivity index (χ1) is 13.3. The molecular weight excluding hydrogens is 350 g/mol. The van der Waals surface area contributed by atoms with Crippen LogP contribution in [0.4, 0.5) is 5.88 Å². The highest BCUT2D eigenvalue weighted by Gasteiger charge is 2.20. The molecule has 1 atom stereocenters. The van der Waals surface area contributed by atoms with Crippen LogP contribution >= 0.6 is 0 Å². The Morgan fingerprint density at radius 1 is 1.04 bits per heavy atom. The van der Waals surface area contributed by atoms with Crippen molar-refractivity contribution in [2.45, 2.75) is 39.2 Å². The van der Waals surface area contributed by atoms with E-state index in [0.717, 1.165) is 16.8 Å².